The lowest BCUT2D eigenvalue weighted by molar-refractivity contribution is 0.415. The second-order valence-corrected chi connectivity index (χ2v) is 5.25. The molecule has 0 saturated carbocycles. The minimum absolute atomic E-state index is 0.828. The number of aromatic nitrogens is 1. The first-order chi connectivity index (χ1) is 10.9. The number of hydrogen-bond donors (Lipinski definition) is 0. The van der Waals surface area contributed by atoms with Crippen LogP contribution in [0.1, 0.15) is 0 Å². The van der Waals surface area contributed by atoms with E-state index in [4.69, 9.17) is 9.72 Å². The summed E-state index contributed by atoms with van der Waals surface area (Å²) in [7, 11) is 1.68. The van der Waals surface area contributed by atoms with E-state index in [0.717, 1.165) is 22.2 Å². The normalized spacial score (nSPS) is 11.0. The van der Waals surface area contributed by atoms with Gasteiger partial charge in [0.1, 0.15) is 5.75 Å². The first-order valence-corrected chi connectivity index (χ1v) is 7.29. The predicted octanol–water partition coefficient (Wildman–Crippen LogP) is 5.06. The van der Waals surface area contributed by atoms with Crippen LogP contribution in [0.25, 0.3) is 32.9 Å². The molecule has 22 heavy (non-hydrogen) atoms. The van der Waals surface area contributed by atoms with E-state index in [1.54, 1.807) is 7.11 Å². The Morgan fingerprint density at radius 3 is 2.27 bits per heavy atom. The molecular formula is C20H15NO. The van der Waals surface area contributed by atoms with E-state index < -0.39 is 0 Å². The van der Waals surface area contributed by atoms with Crippen LogP contribution in [-0.4, -0.2) is 12.1 Å². The van der Waals surface area contributed by atoms with Gasteiger partial charge in [-0.3, -0.25) is 0 Å². The largest absolute Gasteiger partial charge is 0.497 e. The maximum Gasteiger partial charge on any atom is 0.121 e. The minimum Gasteiger partial charge on any atom is -0.497 e. The van der Waals surface area contributed by atoms with Gasteiger partial charge in [-0.1, -0.05) is 48.5 Å². The molecule has 4 rings (SSSR count). The molecule has 0 amide bonds. The molecule has 3 aromatic carbocycles. The number of ether oxygens (including phenoxy) is 1. The maximum absolute atomic E-state index is 5.34. The molecule has 0 radical (unpaired) electrons. The molecule has 1 heterocycles. The lowest BCUT2D eigenvalue weighted by Gasteiger charge is -2.12. The summed E-state index contributed by atoms with van der Waals surface area (Å²) in [6.07, 6.45) is 0. The zero-order valence-electron chi connectivity index (χ0n) is 12.3. The number of pyridine rings is 1. The monoisotopic (exact) mass is 285 g/mol. The molecule has 0 bridgehead atoms. The molecule has 2 heteroatoms. The van der Waals surface area contributed by atoms with Gasteiger partial charge in [-0.2, -0.15) is 0 Å². The van der Waals surface area contributed by atoms with Gasteiger partial charge in [0.25, 0.3) is 0 Å². The predicted molar refractivity (Wildman–Crippen MR) is 91.2 cm³/mol. The van der Waals surface area contributed by atoms with Crippen LogP contribution in [0.2, 0.25) is 0 Å². The molecule has 0 saturated heterocycles. The molecular weight excluding hydrogens is 270 g/mol. The lowest BCUT2D eigenvalue weighted by atomic mass is 9.96. The molecule has 0 unspecified atom stereocenters. The summed E-state index contributed by atoms with van der Waals surface area (Å²) in [6.45, 7) is 0. The highest BCUT2D eigenvalue weighted by molar-refractivity contribution is 6.09. The van der Waals surface area contributed by atoms with Gasteiger partial charge in [0.05, 0.1) is 18.1 Å². The number of hydrogen-bond acceptors (Lipinski definition) is 2. The van der Waals surface area contributed by atoms with E-state index in [-0.39, 0.29) is 0 Å². The molecule has 0 N–H and O–H groups in total. The van der Waals surface area contributed by atoms with Crippen molar-refractivity contribution >= 4 is 21.8 Å². The molecule has 0 aliphatic carbocycles. The molecule has 0 fully saturated rings. The Kier molecular flexibility index (Phi) is 3.01. The van der Waals surface area contributed by atoms with Gasteiger partial charge in [0.2, 0.25) is 0 Å². The Morgan fingerprint density at radius 2 is 1.45 bits per heavy atom. The van der Waals surface area contributed by atoms with Crippen LogP contribution in [0.5, 0.6) is 5.75 Å². The number of benzene rings is 3. The summed E-state index contributed by atoms with van der Waals surface area (Å²) in [5.41, 5.74) is 4.39. The Hall–Kier alpha value is -2.87. The first-order valence-electron chi connectivity index (χ1n) is 7.29. The van der Waals surface area contributed by atoms with Gasteiger partial charge in [0, 0.05) is 22.4 Å². The summed E-state index contributed by atoms with van der Waals surface area (Å²) in [5, 5.41) is 2.32. The first kappa shape index (κ1) is 12.8. The van der Waals surface area contributed by atoms with Crippen molar-refractivity contribution in [2.24, 2.45) is 0 Å². The van der Waals surface area contributed by atoms with Crippen LogP contribution in [0.15, 0.2) is 72.8 Å². The number of fused-ring (bicyclic) bond motifs is 2. The van der Waals surface area contributed by atoms with Crippen LogP contribution in [0.4, 0.5) is 0 Å². The van der Waals surface area contributed by atoms with E-state index in [0.29, 0.717) is 0 Å². The van der Waals surface area contributed by atoms with Gasteiger partial charge >= 0.3 is 0 Å². The van der Waals surface area contributed by atoms with Crippen molar-refractivity contribution < 1.29 is 4.74 Å². The molecule has 4 aromatic rings. The molecule has 0 aliphatic rings. The van der Waals surface area contributed by atoms with Crippen molar-refractivity contribution in [2.75, 3.05) is 7.11 Å². The van der Waals surface area contributed by atoms with Gasteiger partial charge < -0.3 is 4.74 Å². The summed E-state index contributed by atoms with van der Waals surface area (Å²) in [6, 6.07) is 24.8. The average Bonchev–Trinajstić information content (AvgIpc) is 2.59. The van der Waals surface area contributed by atoms with Gasteiger partial charge in [-0.05, 0) is 23.8 Å². The summed E-state index contributed by atoms with van der Waals surface area (Å²) in [4.78, 5) is 4.79. The third kappa shape index (κ3) is 2.01. The number of para-hydroxylation sites is 1. The Morgan fingerprint density at radius 1 is 0.727 bits per heavy atom. The topological polar surface area (TPSA) is 22.1 Å². The molecule has 0 spiro atoms. The summed E-state index contributed by atoms with van der Waals surface area (Å²) < 4.78 is 5.34. The van der Waals surface area contributed by atoms with Crippen LogP contribution >= 0.6 is 0 Å². The fourth-order valence-electron chi connectivity index (χ4n) is 2.92. The molecule has 0 atom stereocenters. The van der Waals surface area contributed by atoms with Crippen LogP contribution in [0, 0.1) is 0 Å². The van der Waals surface area contributed by atoms with Gasteiger partial charge in [0.15, 0.2) is 0 Å². The fraction of sp³-hybridized carbons (Fsp3) is 0.0500. The quantitative estimate of drug-likeness (QED) is 0.480. The SMILES string of the molecule is COc1ccc2c(-c3ccccc3)c3ccccc3nc2c1. The van der Waals surface area contributed by atoms with Crippen molar-refractivity contribution in [2.45, 2.75) is 0 Å². The van der Waals surface area contributed by atoms with E-state index in [1.165, 1.54) is 16.5 Å². The van der Waals surface area contributed by atoms with Crippen molar-refractivity contribution in [3.63, 3.8) is 0 Å². The highest BCUT2D eigenvalue weighted by Crippen LogP contribution is 2.35. The van der Waals surface area contributed by atoms with Gasteiger partial charge in [-0.15, -0.1) is 0 Å². The average molecular weight is 285 g/mol. The Labute approximate surface area is 129 Å². The molecule has 0 aliphatic heterocycles. The zero-order chi connectivity index (χ0) is 14.9. The van der Waals surface area contributed by atoms with E-state index >= 15 is 0 Å². The van der Waals surface area contributed by atoms with Crippen molar-refractivity contribution in [3.05, 3.63) is 72.8 Å². The van der Waals surface area contributed by atoms with E-state index in [2.05, 4.69) is 48.5 Å². The van der Waals surface area contributed by atoms with Crippen LogP contribution in [0.3, 0.4) is 0 Å². The second kappa shape index (κ2) is 5.15. The highest BCUT2D eigenvalue weighted by Gasteiger charge is 2.11. The number of methoxy groups -OCH3 is 1. The van der Waals surface area contributed by atoms with Crippen LogP contribution < -0.4 is 4.74 Å². The lowest BCUT2D eigenvalue weighted by Crippen LogP contribution is -1.90. The highest BCUT2D eigenvalue weighted by atomic mass is 16.5. The van der Waals surface area contributed by atoms with Crippen LogP contribution in [-0.2, 0) is 0 Å². The van der Waals surface area contributed by atoms with Crippen molar-refractivity contribution in [1.82, 2.24) is 4.98 Å². The third-order valence-electron chi connectivity index (χ3n) is 3.95. The Bertz CT molecular complexity index is 961. The van der Waals surface area contributed by atoms with Gasteiger partial charge in [-0.25, -0.2) is 4.98 Å². The van der Waals surface area contributed by atoms with E-state index in [1.807, 2.05) is 24.3 Å². The zero-order valence-corrected chi connectivity index (χ0v) is 12.3. The molecule has 2 nitrogen and oxygen atoms in total. The smallest absolute Gasteiger partial charge is 0.121 e. The molecule has 106 valence electrons. The van der Waals surface area contributed by atoms with E-state index in [9.17, 15) is 0 Å². The van der Waals surface area contributed by atoms with Crippen molar-refractivity contribution in [1.29, 1.82) is 0 Å². The summed E-state index contributed by atoms with van der Waals surface area (Å²) >= 11 is 0. The van der Waals surface area contributed by atoms with Crippen molar-refractivity contribution in [3.8, 4) is 16.9 Å². The number of rotatable bonds is 2. The third-order valence-corrected chi connectivity index (χ3v) is 3.95. The number of nitrogens with zero attached hydrogens (tertiary/aromatic N) is 1. The standard InChI is InChI=1S/C20H15NO/c1-22-15-11-12-17-19(13-15)21-18-10-6-5-9-16(18)20(17)14-7-3-2-4-8-14/h2-13H,1H3. The Balaban J connectivity index is 2.17. The second-order valence-electron chi connectivity index (χ2n) is 5.25. The molecule has 1 aromatic heterocycles. The maximum atomic E-state index is 5.34. The summed E-state index contributed by atoms with van der Waals surface area (Å²) in [5.74, 6) is 0.828. The fourth-order valence-corrected chi connectivity index (χ4v) is 2.92. The minimum atomic E-state index is 0.828.